The van der Waals surface area contributed by atoms with Gasteiger partial charge >= 0.3 is 0 Å². The van der Waals surface area contributed by atoms with Crippen molar-refractivity contribution in [3.63, 3.8) is 0 Å². The van der Waals surface area contributed by atoms with Crippen molar-refractivity contribution in [2.75, 3.05) is 19.8 Å². The van der Waals surface area contributed by atoms with Gasteiger partial charge in [0.05, 0.1) is 6.61 Å². The third kappa shape index (κ3) is 4.22. The van der Waals surface area contributed by atoms with Crippen LogP contribution in [0.15, 0.2) is 12.1 Å². The van der Waals surface area contributed by atoms with E-state index >= 15 is 0 Å². The first kappa shape index (κ1) is 16.0. The van der Waals surface area contributed by atoms with Crippen LogP contribution in [0, 0.1) is 25.7 Å². The van der Waals surface area contributed by atoms with Crippen molar-refractivity contribution < 1.29 is 9.84 Å². The highest BCUT2D eigenvalue weighted by Gasteiger charge is 2.17. The Kier molecular flexibility index (Phi) is 6.32. The van der Waals surface area contributed by atoms with Gasteiger partial charge in [0, 0.05) is 6.61 Å². The molecule has 0 aliphatic carbocycles. The van der Waals surface area contributed by atoms with Crippen molar-refractivity contribution in [2.45, 2.75) is 34.1 Å². The number of aryl methyl sites for hydroxylation is 2. The Labute approximate surface area is 116 Å². The van der Waals surface area contributed by atoms with Crippen LogP contribution < -0.4 is 10.5 Å². The number of ether oxygens (including phenoxy) is 1. The number of benzene rings is 1. The van der Waals surface area contributed by atoms with E-state index < -0.39 is 0 Å². The quantitative estimate of drug-likeness (QED) is 0.796. The van der Waals surface area contributed by atoms with Crippen LogP contribution in [0.25, 0.3) is 0 Å². The van der Waals surface area contributed by atoms with Crippen LogP contribution in [0.1, 0.15) is 30.5 Å². The lowest BCUT2D eigenvalue weighted by Crippen LogP contribution is -2.26. The van der Waals surface area contributed by atoms with Gasteiger partial charge in [0.1, 0.15) is 5.75 Å². The monoisotopic (exact) mass is 265 g/mol. The van der Waals surface area contributed by atoms with Crippen molar-refractivity contribution in [2.24, 2.45) is 17.6 Å². The minimum atomic E-state index is 0.159. The third-order valence-corrected chi connectivity index (χ3v) is 3.82. The average molecular weight is 265 g/mol. The fourth-order valence-corrected chi connectivity index (χ4v) is 2.38. The van der Waals surface area contributed by atoms with Crippen LogP contribution >= 0.6 is 0 Å². The molecule has 0 heterocycles. The predicted molar refractivity (Wildman–Crippen MR) is 79.6 cm³/mol. The second-order valence-corrected chi connectivity index (χ2v) is 5.34. The lowest BCUT2D eigenvalue weighted by Gasteiger charge is -2.22. The molecule has 108 valence electrons. The van der Waals surface area contributed by atoms with Crippen molar-refractivity contribution >= 4 is 0 Å². The van der Waals surface area contributed by atoms with Gasteiger partial charge in [-0.2, -0.15) is 0 Å². The van der Waals surface area contributed by atoms with Crippen LogP contribution in [0.3, 0.4) is 0 Å². The highest BCUT2D eigenvalue weighted by Crippen LogP contribution is 2.26. The lowest BCUT2D eigenvalue weighted by molar-refractivity contribution is 0.187. The minimum Gasteiger partial charge on any atom is -0.494 e. The number of hydrogen-bond donors (Lipinski definition) is 2. The molecule has 1 rings (SSSR count). The number of aliphatic hydroxyl groups is 1. The fraction of sp³-hybridized carbons (Fsp3) is 0.625. The highest BCUT2D eigenvalue weighted by molar-refractivity contribution is 5.41. The Morgan fingerprint density at radius 3 is 2.47 bits per heavy atom. The standard InChI is InChI=1S/C16H27NO2/c1-5-19-16-8-12(3)14(7-13(16)4)6-11(2)15(9-17)10-18/h7-8,11,15,18H,5-6,9-10,17H2,1-4H3. The van der Waals surface area contributed by atoms with E-state index in [1.54, 1.807) is 0 Å². The summed E-state index contributed by atoms with van der Waals surface area (Å²) >= 11 is 0. The first-order valence-corrected chi connectivity index (χ1v) is 7.07. The van der Waals surface area contributed by atoms with Crippen molar-refractivity contribution in [3.05, 3.63) is 28.8 Å². The molecule has 0 aliphatic heterocycles. The molecule has 0 aliphatic rings. The maximum atomic E-state index is 9.31. The van der Waals surface area contributed by atoms with E-state index in [4.69, 9.17) is 10.5 Å². The van der Waals surface area contributed by atoms with Gasteiger partial charge < -0.3 is 15.6 Å². The van der Waals surface area contributed by atoms with E-state index in [1.807, 2.05) is 6.92 Å². The maximum absolute atomic E-state index is 9.31. The predicted octanol–water partition coefficient (Wildman–Crippen LogP) is 2.45. The summed E-state index contributed by atoms with van der Waals surface area (Å²) in [6, 6.07) is 4.30. The molecule has 0 radical (unpaired) electrons. The first-order valence-electron chi connectivity index (χ1n) is 7.07. The van der Waals surface area contributed by atoms with Crippen LogP contribution in [0.5, 0.6) is 5.75 Å². The molecule has 0 amide bonds. The van der Waals surface area contributed by atoms with Gasteiger partial charge in [0.25, 0.3) is 0 Å². The zero-order valence-electron chi connectivity index (χ0n) is 12.6. The first-order chi connectivity index (χ1) is 9.03. The van der Waals surface area contributed by atoms with E-state index in [0.29, 0.717) is 19.1 Å². The second kappa shape index (κ2) is 7.51. The molecule has 0 aromatic heterocycles. The van der Waals surface area contributed by atoms with Crippen LogP contribution in [-0.4, -0.2) is 24.9 Å². The van der Waals surface area contributed by atoms with Gasteiger partial charge in [0.15, 0.2) is 0 Å². The Morgan fingerprint density at radius 2 is 1.95 bits per heavy atom. The molecule has 0 spiro atoms. The van der Waals surface area contributed by atoms with Crippen molar-refractivity contribution in [3.8, 4) is 5.75 Å². The number of nitrogens with two attached hydrogens (primary N) is 1. The smallest absolute Gasteiger partial charge is 0.122 e. The molecule has 1 aromatic carbocycles. The molecule has 19 heavy (non-hydrogen) atoms. The van der Waals surface area contributed by atoms with Crippen molar-refractivity contribution in [1.82, 2.24) is 0 Å². The minimum absolute atomic E-state index is 0.159. The zero-order valence-corrected chi connectivity index (χ0v) is 12.6. The number of hydrogen-bond acceptors (Lipinski definition) is 3. The summed E-state index contributed by atoms with van der Waals surface area (Å²) in [4.78, 5) is 0. The van der Waals surface area contributed by atoms with Gasteiger partial charge in [-0.15, -0.1) is 0 Å². The van der Waals surface area contributed by atoms with Crippen molar-refractivity contribution in [1.29, 1.82) is 0 Å². The average Bonchev–Trinajstić information content (AvgIpc) is 2.37. The summed E-state index contributed by atoms with van der Waals surface area (Å²) < 4.78 is 5.61. The number of aliphatic hydroxyl groups excluding tert-OH is 1. The molecule has 1 aromatic rings. The molecule has 0 fully saturated rings. The third-order valence-electron chi connectivity index (χ3n) is 3.82. The summed E-state index contributed by atoms with van der Waals surface area (Å²) in [5.41, 5.74) is 9.42. The molecule has 3 nitrogen and oxygen atoms in total. The Bertz CT molecular complexity index is 400. The molecule has 0 saturated carbocycles. The molecule has 2 unspecified atom stereocenters. The van der Waals surface area contributed by atoms with Gasteiger partial charge in [-0.25, -0.2) is 0 Å². The topological polar surface area (TPSA) is 55.5 Å². The highest BCUT2D eigenvalue weighted by atomic mass is 16.5. The van der Waals surface area contributed by atoms with Gasteiger partial charge in [-0.1, -0.05) is 13.0 Å². The molecule has 0 saturated heterocycles. The molecule has 3 N–H and O–H groups in total. The molecule has 0 bridgehead atoms. The summed E-state index contributed by atoms with van der Waals surface area (Å²) in [6.45, 7) is 9.72. The second-order valence-electron chi connectivity index (χ2n) is 5.34. The van der Waals surface area contributed by atoms with E-state index in [9.17, 15) is 5.11 Å². The molecule has 3 heteroatoms. The number of rotatable bonds is 7. The maximum Gasteiger partial charge on any atom is 0.122 e. The Hall–Kier alpha value is -1.06. The largest absolute Gasteiger partial charge is 0.494 e. The molecule has 2 atom stereocenters. The van der Waals surface area contributed by atoms with E-state index in [-0.39, 0.29) is 12.5 Å². The Morgan fingerprint density at radius 1 is 1.26 bits per heavy atom. The summed E-state index contributed by atoms with van der Waals surface area (Å²) in [5.74, 6) is 1.52. The normalized spacial score (nSPS) is 14.2. The summed E-state index contributed by atoms with van der Waals surface area (Å²) in [6.07, 6.45) is 0.946. The van der Waals surface area contributed by atoms with E-state index in [1.165, 1.54) is 16.7 Å². The Balaban J connectivity index is 2.87. The van der Waals surface area contributed by atoms with E-state index in [2.05, 4.69) is 32.9 Å². The fourth-order valence-electron chi connectivity index (χ4n) is 2.38. The molecular formula is C16H27NO2. The SMILES string of the molecule is CCOc1cc(C)c(CC(C)C(CN)CO)cc1C. The van der Waals surface area contributed by atoms with Gasteiger partial charge in [-0.05, 0) is 68.3 Å². The summed E-state index contributed by atoms with van der Waals surface area (Å²) in [7, 11) is 0. The van der Waals surface area contributed by atoms with Crippen LogP contribution in [0.2, 0.25) is 0 Å². The van der Waals surface area contributed by atoms with Crippen LogP contribution in [-0.2, 0) is 6.42 Å². The van der Waals surface area contributed by atoms with E-state index in [0.717, 1.165) is 12.2 Å². The zero-order chi connectivity index (χ0) is 14.4. The lowest BCUT2D eigenvalue weighted by atomic mass is 9.87. The van der Waals surface area contributed by atoms with Crippen LogP contribution in [0.4, 0.5) is 0 Å². The molecular weight excluding hydrogens is 238 g/mol. The summed E-state index contributed by atoms with van der Waals surface area (Å²) in [5, 5.41) is 9.31. The van der Waals surface area contributed by atoms with Gasteiger partial charge in [-0.3, -0.25) is 0 Å². The van der Waals surface area contributed by atoms with Gasteiger partial charge in [0.2, 0.25) is 0 Å².